The van der Waals surface area contributed by atoms with Gasteiger partial charge >= 0.3 is 0 Å². The highest BCUT2D eigenvalue weighted by Crippen LogP contribution is 2.52. The maximum atomic E-state index is 6.74. The summed E-state index contributed by atoms with van der Waals surface area (Å²) in [6.07, 6.45) is 0. The molecule has 1 aliphatic rings. The molecule has 0 fully saturated rings. The summed E-state index contributed by atoms with van der Waals surface area (Å²) in [6, 6.07) is 68.6. The van der Waals surface area contributed by atoms with E-state index in [1.807, 2.05) is 0 Å². The van der Waals surface area contributed by atoms with E-state index in [1.54, 1.807) is 0 Å². The standard InChI is InChI=1S/C57H43NO/c1-36-34-42(38-14-6-5-7-15-38)35-37(2)54(36)58(43-29-24-40(25-30-43)45-19-13-23-52-53(45)50-18-10-11-22-51(50)57(52,3)4)44-31-26-41(27-32-44)47-20-12-21-48-49-33-28-39-16-8-9-17-46(39)56(49)59-55(47)48/h5-35H,1-4H3. The average molecular weight is 758 g/mol. The SMILES string of the molecule is Cc1cc(-c2ccccc2)cc(C)c1N(c1ccc(-c2cccc3c2-c2ccccc2C3(C)C)cc1)c1ccc(-c2cccc3c2oc2c4ccccc4ccc32)cc1. The van der Waals surface area contributed by atoms with Gasteiger partial charge in [-0.05, 0) is 123 Å². The zero-order valence-corrected chi connectivity index (χ0v) is 33.8. The molecule has 1 aromatic heterocycles. The summed E-state index contributed by atoms with van der Waals surface area (Å²) in [5.74, 6) is 0. The first kappa shape index (κ1) is 35.0. The monoisotopic (exact) mass is 757 g/mol. The van der Waals surface area contributed by atoms with Gasteiger partial charge in [0.2, 0.25) is 0 Å². The molecule has 0 spiro atoms. The van der Waals surface area contributed by atoms with Crippen molar-refractivity contribution in [1.29, 1.82) is 0 Å². The fourth-order valence-electron chi connectivity index (χ4n) is 9.84. The van der Waals surface area contributed by atoms with E-state index in [1.165, 1.54) is 66.7 Å². The van der Waals surface area contributed by atoms with Crippen LogP contribution in [0.15, 0.2) is 192 Å². The van der Waals surface area contributed by atoms with E-state index in [-0.39, 0.29) is 5.41 Å². The van der Waals surface area contributed by atoms with E-state index >= 15 is 0 Å². The van der Waals surface area contributed by atoms with Crippen molar-refractivity contribution < 1.29 is 4.42 Å². The van der Waals surface area contributed by atoms with Crippen molar-refractivity contribution in [2.75, 3.05) is 4.90 Å². The first-order chi connectivity index (χ1) is 28.8. The van der Waals surface area contributed by atoms with Gasteiger partial charge in [-0.1, -0.05) is 159 Å². The molecule has 9 aromatic carbocycles. The molecule has 0 atom stereocenters. The second kappa shape index (κ2) is 13.5. The predicted octanol–water partition coefficient (Wildman–Crippen LogP) is 16.1. The molecule has 2 heteroatoms. The van der Waals surface area contributed by atoms with Gasteiger partial charge in [-0.3, -0.25) is 0 Å². The molecule has 1 heterocycles. The minimum Gasteiger partial charge on any atom is -0.455 e. The molecular weight excluding hydrogens is 715 g/mol. The maximum Gasteiger partial charge on any atom is 0.143 e. The predicted molar refractivity (Wildman–Crippen MR) is 249 cm³/mol. The molecule has 0 saturated heterocycles. The summed E-state index contributed by atoms with van der Waals surface area (Å²) >= 11 is 0. The van der Waals surface area contributed by atoms with Gasteiger partial charge in [-0.2, -0.15) is 0 Å². The Kier molecular flexibility index (Phi) is 8.00. The maximum absolute atomic E-state index is 6.74. The highest BCUT2D eigenvalue weighted by atomic mass is 16.3. The molecule has 11 rings (SSSR count). The van der Waals surface area contributed by atoms with Crippen LogP contribution in [0.4, 0.5) is 17.1 Å². The normalized spacial score (nSPS) is 12.9. The third-order valence-corrected chi connectivity index (χ3v) is 12.7. The van der Waals surface area contributed by atoms with Crippen LogP contribution in [0.3, 0.4) is 0 Å². The van der Waals surface area contributed by atoms with Crippen molar-refractivity contribution in [3.8, 4) is 44.5 Å². The zero-order valence-electron chi connectivity index (χ0n) is 33.8. The largest absolute Gasteiger partial charge is 0.455 e. The number of benzene rings is 9. The Balaban J connectivity index is 1.03. The van der Waals surface area contributed by atoms with Crippen molar-refractivity contribution in [1.82, 2.24) is 0 Å². The summed E-state index contributed by atoms with van der Waals surface area (Å²) in [5, 5.41) is 4.60. The van der Waals surface area contributed by atoms with Crippen LogP contribution in [0, 0.1) is 13.8 Å². The van der Waals surface area contributed by atoms with Crippen LogP contribution in [0.25, 0.3) is 77.2 Å². The minimum atomic E-state index is -0.0455. The average Bonchev–Trinajstić information content (AvgIpc) is 3.78. The fraction of sp³-hybridized carbons (Fsp3) is 0.0877. The summed E-state index contributed by atoms with van der Waals surface area (Å²) in [6.45, 7) is 9.17. The van der Waals surface area contributed by atoms with Crippen LogP contribution in [0.5, 0.6) is 0 Å². The molecule has 0 N–H and O–H groups in total. The first-order valence-electron chi connectivity index (χ1n) is 20.6. The van der Waals surface area contributed by atoms with Crippen LogP contribution < -0.4 is 4.90 Å². The van der Waals surface area contributed by atoms with Crippen LogP contribution >= 0.6 is 0 Å². The quantitative estimate of drug-likeness (QED) is 0.168. The van der Waals surface area contributed by atoms with Gasteiger partial charge in [0.15, 0.2) is 0 Å². The number of aryl methyl sites for hydroxylation is 2. The molecule has 59 heavy (non-hydrogen) atoms. The Hall–Kier alpha value is -7.16. The Morgan fingerprint density at radius 2 is 0.966 bits per heavy atom. The third-order valence-electron chi connectivity index (χ3n) is 12.7. The van der Waals surface area contributed by atoms with Crippen molar-refractivity contribution in [3.05, 3.63) is 210 Å². The van der Waals surface area contributed by atoms with Gasteiger partial charge in [-0.15, -0.1) is 0 Å². The van der Waals surface area contributed by atoms with E-state index in [0.29, 0.717) is 0 Å². The molecule has 0 saturated carbocycles. The van der Waals surface area contributed by atoms with Gasteiger partial charge in [0, 0.05) is 38.5 Å². The van der Waals surface area contributed by atoms with Gasteiger partial charge in [0.05, 0.1) is 5.69 Å². The second-order valence-electron chi connectivity index (χ2n) is 16.6. The molecule has 282 valence electrons. The van der Waals surface area contributed by atoms with Crippen molar-refractivity contribution >= 4 is 49.8 Å². The Morgan fingerprint density at radius 1 is 0.407 bits per heavy atom. The highest BCUT2D eigenvalue weighted by Gasteiger charge is 2.36. The van der Waals surface area contributed by atoms with Crippen LogP contribution in [-0.2, 0) is 5.41 Å². The molecule has 0 radical (unpaired) electrons. The number of nitrogens with zero attached hydrogens (tertiary/aromatic N) is 1. The van der Waals surface area contributed by atoms with E-state index in [4.69, 9.17) is 4.42 Å². The molecule has 1 aliphatic carbocycles. The second-order valence-corrected chi connectivity index (χ2v) is 16.6. The van der Waals surface area contributed by atoms with Gasteiger partial charge in [-0.25, -0.2) is 0 Å². The number of rotatable bonds is 6. The van der Waals surface area contributed by atoms with E-state index in [0.717, 1.165) is 49.8 Å². The van der Waals surface area contributed by atoms with Crippen LogP contribution in [-0.4, -0.2) is 0 Å². The lowest BCUT2D eigenvalue weighted by molar-refractivity contribution is 0.660. The molecule has 10 aromatic rings. The van der Waals surface area contributed by atoms with Gasteiger partial charge in [0.1, 0.15) is 11.2 Å². The fourth-order valence-corrected chi connectivity index (χ4v) is 9.84. The minimum absolute atomic E-state index is 0.0455. The van der Waals surface area contributed by atoms with E-state index in [2.05, 4.69) is 221 Å². The number of hydrogen-bond donors (Lipinski definition) is 0. The highest BCUT2D eigenvalue weighted by molar-refractivity contribution is 6.17. The van der Waals surface area contributed by atoms with Crippen molar-refractivity contribution in [2.24, 2.45) is 0 Å². The number of fused-ring (bicyclic) bond motifs is 8. The summed E-state index contributed by atoms with van der Waals surface area (Å²) in [4.78, 5) is 2.43. The Labute approximate surface area is 345 Å². The van der Waals surface area contributed by atoms with Crippen LogP contribution in [0.1, 0.15) is 36.1 Å². The van der Waals surface area contributed by atoms with Crippen molar-refractivity contribution in [3.63, 3.8) is 0 Å². The number of furan rings is 1. The van der Waals surface area contributed by atoms with E-state index < -0.39 is 0 Å². The third kappa shape index (κ3) is 5.55. The molecule has 0 aliphatic heterocycles. The molecular formula is C57H43NO. The Bertz CT molecular complexity index is 3220. The van der Waals surface area contributed by atoms with Gasteiger partial charge < -0.3 is 9.32 Å². The molecule has 0 amide bonds. The lowest BCUT2D eigenvalue weighted by atomic mass is 9.82. The van der Waals surface area contributed by atoms with Crippen LogP contribution in [0.2, 0.25) is 0 Å². The topological polar surface area (TPSA) is 16.4 Å². The van der Waals surface area contributed by atoms with Gasteiger partial charge in [0.25, 0.3) is 0 Å². The van der Waals surface area contributed by atoms with E-state index in [9.17, 15) is 0 Å². The number of anilines is 3. The molecule has 0 unspecified atom stereocenters. The first-order valence-corrected chi connectivity index (χ1v) is 20.6. The summed E-state index contributed by atoms with van der Waals surface area (Å²) in [7, 11) is 0. The lowest BCUT2D eigenvalue weighted by Crippen LogP contribution is -2.14. The number of para-hydroxylation sites is 1. The van der Waals surface area contributed by atoms with Crippen molar-refractivity contribution in [2.45, 2.75) is 33.1 Å². The smallest absolute Gasteiger partial charge is 0.143 e. The zero-order chi connectivity index (χ0) is 39.8. The summed E-state index contributed by atoms with van der Waals surface area (Å²) in [5.41, 5.74) is 20.3. The lowest BCUT2D eigenvalue weighted by Gasteiger charge is -2.29. The molecule has 0 bridgehead atoms. The number of hydrogen-bond acceptors (Lipinski definition) is 2. The summed E-state index contributed by atoms with van der Waals surface area (Å²) < 4.78 is 6.74. The molecule has 2 nitrogen and oxygen atoms in total. The Morgan fingerprint density at radius 3 is 1.71 bits per heavy atom.